The highest BCUT2D eigenvalue weighted by molar-refractivity contribution is 6.29. The van der Waals surface area contributed by atoms with Crippen LogP contribution in [0.2, 0.25) is 5.15 Å². The Kier molecular flexibility index (Phi) is 4.48. The summed E-state index contributed by atoms with van der Waals surface area (Å²) in [6, 6.07) is 9.97. The van der Waals surface area contributed by atoms with Crippen LogP contribution >= 0.6 is 11.6 Å². The van der Waals surface area contributed by atoms with Crippen LogP contribution in [0.1, 0.15) is 34.6 Å². The molecule has 2 rings (SSSR count). The minimum absolute atomic E-state index is 0.168. The van der Waals surface area contributed by atoms with Gasteiger partial charge >= 0.3 is 0 Å². The fraction of sp³-hybridized carbons (Fsp3) is 0.250. The van der Waals surface area contributed by atoms with Crippen LogP contribution in [-0.4, -0.2) is 27.9 Å². The summed E-state index contributed by atoms with van der Waals surface area (Å²) in [5.74, 6) is 0.00624. The van der Waals surface area contributed by atoms with E-state index in [4.69, 9.17) is 11.6 Å². The van der Waals surface area contributed by atoms with Crippen molar-refractivity contribution in [2.75, 3.05) is 7.05 Å². The highest BCUT2D eigenvalue weighted by atomic mass is 35.5. The number of benzene rings is 1. The molecule has 110 valence electrons. The Balaban J connectivity index is 2.28. The van der Waals surface area contributed by atoms with Gasteiger partial charge in [-0.05, 0) is 32.0 Å². The number of aromatic nitrogens is 1. The maximum absolute atomic E-state index is 12.5. The number of carbonyl (C=O) groups is 1. The Bertz CT molecular complexity index is 653. The molecule has 1 N–H and O–H groups in total. The number of phenolic OH excluding ortho intramolecular Hbond substituents is 1. The lowest BCUT2D eigenvalue weighted by atomic mass is 10.1. The highest BCUT2D eigenvalue weighted by Crippen LogP contribution is 2.28. The fourth-order valence-corrected chi connectivity index (χ4v) is 2.43. The quantitative estimate of drug-likeness (QED) is 0.882. The van der Waals surface area contributed by atoms with Crippen LogP contribution in [0.4, 0.5) is 0 Å². The lowest BCUT2D eigenvalue weighted by molar-refractivity contribution is 0.0741. The van der Waals surface area contributed by atoms with Gasteiger partial charge in [0.2, 0.25) is 0 Å². The van der Waals surface area contributed by atoms with E-state index in [0.717, 1.165) is 0 Å². The standard InChI is InChI=1S/C16H17ClN2O2/c1-10-8-12(9-15(17)18-10)16(21)19(3)11(2)13-6-4-5-7-14(13)20/h4-9,11,20H,1-3H3. The third-order valence-corrected chi connectivity index (χ3v) is 3.65. The van der Waals surface area contributed by atoms with E-state index in [1.807, 2.05) is 13.0 Å². The van der Waals surface area contributed by atoms with E-state index in [1.54, 1.807) is 49.2 Å². The van der Waals surface area contributed by atoms with Gasteiger partial charge in [-0.25, -0.2) is 4.98 Å². The Hall–Kier alpha value is -2.07. The van der Waals surface area contributed by atoms with Gasteiger partial charge in [-0.2, -0.15) is 0 Å². The molecule has 0 fully saturated rings. The number of rotatable bonds is 3. The SMILES string of the molecule is Cc1cc(C(=O)N(C)C(C)c2ccccc2O)cc(Cl)n1. The largest absolute Gasteiger partial charge is 0.508 e. The van der Waals surface area contributed by atoms with Gasteiger partial charge in [0, 0.05) is 23.9 Å². The molecule has 0 aliphatic rings. The molecule has 1 atom stereocenters. The minimum atomic E-state index is -0.258. The lowest BCUT2D eigenvalue weighted by Gasteiger charge is -2.26. The summed E-state index contributed by atoms with van der Waals surface area (Å²) < 4.78 is 0. The molecular formula is C16H17ClN2O2. The number of para-hydroxylation sites is 1. The average Bonchev–Trinajstić information content (AvgIpc) is 2.44. The van der Waals surface area contributed by atoms with E-state index in [9.17, 15) is 9.90 Å². The minimum Gasteiger partial charge on any atom is -0.508 e. The number of phenols is 1. The molecule has 1 amide bonds. The topological polar surface area (TPSA) is 53.4 Å². The van der Waals surface area contributed by atoms with Gasteiger partial charge < -0.3 is 10.0 Å². The molecule has 21 heavy (non-hydrogen) atoms. The number of hydrogen-bond acceptors (Lipinski definition) is 3. The van der Waals surface area contributed by atoms with E-state index in [1.165, 1.54) is 0 Å². The van der Waals surface area contributed by atoms with Crippen LogP contribution in [0.5, 0.6) is 5.75 Å². The normalized spacial score (nSPS) is 12.0. The second-order valence-corrected chi connectivity index (χ2v) is 5.36. The van der Waals surface area contributed by atoms with Gasteiger partial charge in [0.25, 0.3) is 5.91 Å². The second-order valence-electron chi connectivity index (χ2n) is 4.97. The first-order chi connectivity index (χ1) is 9.90. The van der Waals surface area contributed by atoms with Crippen molar-refractivity contribution in [2.45, 2.75) is 19.9 Å². The molecule has 0 saturated carbocycles. The van der Waals surface area contributed by atoms with Crippen LogP contribution in [0.3, 0.4) is 0 Å². The Morgan fingerprint density at radius 1 is 1.33 bits per heavy atom. The summed E-state index contributed by atoms with van der Waals surface area (Å²) in [5, 5.41) is 10.2. The molecule has 2 aromatic rings. The van der Waals surface area contributed by atoms with Crippen LogP contribution < -0.4 is 0 Å². The van der Waals surface area contributed by atoms with Crippen molar-refractivity contribution in [2.24, 2.45) is 0 Å². The van der Waals surface area contributed by atoms with Gasteiger partial charge in [0.15, 0.2) is 0 Å². The van der Waals surface area contributed by atoms with Crippen molar-refractivity contribution >= 4 is 17.5 Å². The monoisotopic (exact) mass is 304 g/mol. The molecule has 0 bridgehead atoms. The van der Waals surface area contributed by atoms with Crippen molar-refractivity contribution in [1.82, 2.24) is 9.88 Å². The number of carbonyl (C=O) groups excluding carboxylic acids is 1. The maximum atomic E-state index is 12.5. The number of nitrogens with zero attached hydrogens (tertiary/aromatic N) is 2. The number of halogens is 1. The van der Waals surface area contributed by atoms with Crippen molar-refractivity contribution < 1.29 is 9.90 Å². The summed E-state index contributed by atoms with van der Waals surface area (Å²) in [6.45, 7) is 3.65. The van der Waals surface area contributed by atoms with Gasteiger partial charge in [-0.1, -0.05) is 29.8 Å². The molecule has 0 saturated heterocycles. The predicted molar refractivity (Wildman–Crippen MR) is 82.6 cm³/mol. The van der Waals surface area contributed by atoms with E-state index < -0.39 is 0 Å². The van der Waals surface area contributed by atoms with Gasteiger partial charge in [-0.3, -0.25) is 4.79 Å². The van der Waals surface area contributed by atoms with Crippen LogP contribution in [-0.2, 0) is 0 Å². The average molecular weight is 305 g/mol. The molecular weight excluding hydrogens is 288 g/mol. The van der Waals surface area contributed by atoms with Crippen molar-refractivity contribution in [1.29, 1.82) is 0 Å². The zero-order valence-electron chi connectivity index (χ0n) is 12.2. The summed E-state index contributed by atoms with van der Waals surface area (Å²) in [6.07, 6.45) is 0. The molecule has 1 aromatic carbocycles. The Labute approximate surface area is 129 Å². The number of pyridine rings is 1. The molecule has 0 aliphatic heterocycles. The van der Waals surface area contributed by atoms with Gasteiger partial charge in [0.1, 0.15) is 10.9 Å². The molecule has 1 aromatic heterocycles. The van der Waals surface area contributed by atoms with Gasteiger partial charge in [-0.15, -0.1) is 0 Å². The van der Waals surface area contributed by atoms with Crippen molar-refractivity contribution in [3.8, 4) is 5.75 Å². The predicted octanol–water partition coefficient (Wildman–Crippen LogP) is 3.58. The maximum Gasteiger partial charge on any atom is 0.254 e. The molecule has 0 radical (unpaired) electrons. The number of hydrogen-bond donors (Lipinski definition) is 1. The Morgan fingerprint density at radius 2 is 2.00 bits per heavy atom. The second kappa shape index (κ2) is 6.14. The summed E-state index contributed by atoms with van der Waals surface area (Å²) >= 11 is 5.90. The smallest absolute Gasteiger partial charge is 0.254 e. The van der Waals surface area contributed by atoms with Crippen LogP contribution in [0.15, 0.2) is 36.4 Å². The van der Waals surface area contributed by atoms with E-state index in [2.05, 4.69) is 4.98 Å². The number of aryl methyl sites for hydroxylation is 1. The molecule has 5 heteroatoms. The Morgan fingerprint density at radius 3 is 2.62 bits per heavy atom. The van der Waals surface area contributed by atoms with Crippen molar-refractivity contribution in [3.05, 3.63) is 58.4 Å². The van der Waals surface area contributed by atoms with E-state index in [0.29, 0.717) is 22.0 Å². The zero-order chi connectivity index (χ0) is 15.6. The molecule has 4 nitrogen and oxygen atoms in total. The summed E-state index contributed by atoms with van der Waals surface area (Å²) in [5.41, 5.74) is 1.87. The first kappa shape index (κ1) is 15.3. The third kappa shape index (κ3) is 3.34. The van der Waals surface area contributed by atoms with Crippen molar-refractivity contribution in [3.63, 3.8) is 0 Å². The summed E-state index contributed by atoms with van der Waals surface area (Å²) in [4.78, 5) is 18.2. The number of amides is 1. The highest BCUT2D eigenvalue weighted by Gasteiger charge is 2.21. The van der Waals surface area contributed by atoms with Gasteiger partial charge in [0.05, 0.1) is 6.04 Å². The lowest BCUT2D eigenvalue weighted by Crippen LogP contribution is -2.29. The first-order valence-corrected chi connectivity index (χ1v) is 6.97. The van der Waals surface area contributed by atoms with E-state index in [-0.39, 0.29) is 17.7 Å². The third-order valence-electron chi connectivity index (χ3n) is 3.46. The first-order valence-electron chi connectivity index (χ1n) is 6.59. The zero-order valence-corrected chi connectivity index (χ0v) is 12.9. The molecule has 1 heterocycles. The van der Waals surface area contributed by atoms with Crippen LogP contribution in [0, 0.1) is 6.92 Å². The fourth-order valence-electron chi connectivity index (χ4n) is 2.18. The molecule has 1 unspecified atom stereocenters. The van der Waals surface area contributed by atoms with Crippen LogP contribution in [0.25, 0.3) is 0 Å². The van der Waals surface area contributed by atoms with E-state index >= 15 is 0 Å². The molecule has 0 spiro atoms. The number of aromatic hydroxyl groups is 1. The molecule has 0 aliphatic carbocycles. The summed E-state index contributed by atoms with van der Waals surface area (Å²) in [7, 11) is 1.70.